The van der Waals surface area contributed by atoms with E-state index >= 15 is 0 Å². The molecule has 0 spiro atoms. The molecule has 20 heavy (non-hydrogen) atoms. The molecule has 0 heterocycles. The Kier molecular flexibility index (Phi) is 4.38. The summed E-state index contributed by atoms with van der Waals surface area (Å²) in [6, 6.07) is 14.8. The third-order valence-electron chi connectivity index (χ3n) is 3.09. The molecule has 4 nitrogen and oxygen atoms in total. The van der Waals surface area contributed by atoms with Crippen LogP contribution < -0.4 is 5.73 Å². The van der Waals surface area contributed by atoms with Gasteiger partial charge in [0, 0.05) is 18.8 Å². The van der Waals surface area contributed by atoms with E-state index in [1.54, 1.807) is 12.1 Å². The van der Waals surface area contributed by atoms with Crippen LogP contribution in [0.5, 0.6) is 0 Å². The van der Waals surface area contributed by atoms with Crippen molar-refractivity contribution in [1.82, 2.24) is 4.90 Å². The van der Waals surface area contributed by atoms with Crippen LogP contribution >= 0.6 is 0 Å². The Bertz CT molecular complexity index is 576. The number of carboxylic acid groups (broad SMARTS) is 1. The zero-order chi connectivity index (χ0) is 14.5. The molecule has 0 atom stereocenters. The van der Waals surface area contributed by atoms with E-state index in [2.05, 4.69) is 4.90 Å². The number of aromatic carboxylic acids is 1. The molecular formula is C16H18N2O2. The minimum absolute atomic E-state index is 0.315. The third-order valence-corrected chi connectivity index (χ3v) is 3.09. The first-order chi connectivity index (χ1) is 9.54. The van der Waals surface area contributed by atoms with E-state index < -0.39 is 5.97 Å². The minimum Gasteiger partial charge on any atom is -0.478 e. The molecule has 2 aromatic carbocycles. The molecule has 0 saturated heterocycles. The van der Waals surface area contributed by atoms with E-state index in [0.717, 1.165) is 24.3 Å². The molecule has 0 bridgehead atoms. The van der Waals surface area contributed by atoms with Gasteiger partial charge >= 0.3 is 5.97 Å². The van der Waals surface area contributed by atoms with Gasteiger partial charge in [0.1, 0.15) is 0 Å². The van der Waals surface area contributed by atoms with Crippen LogP contribution in [0.2, 0.25) is 0 Å². The van der Waals surface area contributed by atoms with E-state index in [-0.39, 0.29) is 0 Å². The number of rotatable bonds is 5. The van der Waals surface area contributed by atoms with Crippen LogP contribution in [0.15, 0.2) is 48.5 Å². The fraction of sp³-hybridized carbons (Fsp3) is 0.188. The van der Waals surface area contributed by atoms with Crippen LogP contribution in [-0.2, 0) is 13.1 Å². The summed E-state index contributed by atoms with van der Waals surface area (Å²) in [5.41, 5.74) is 9.03. The van der Waals surface area contributed by atoms with Crippen molar-refractivity contribution in [2.24, 2.45) is 0 Å². The van der Waals surface area contributed by atoms with Crippen molar-refractivity contribution in [3.63, 3.8) is 0 Å². The van der Waals surface area contributed by atoms with Gasteiger partial charge in [-0.25, -0.2) is 4.79 Å². The fourth-order valence-corrected chi connectivity index (χ4v) is 2.06. The first-order valence-corrected chi connectivity index (χ1v) is 6.40. The topological polar surface area (TPSA) is 66.6 Å². The zero-order valence-corrected chi connectivity index (χ0v) is 11.4. The lowest BCUT2D eigenvalue weighted by atomic mass is 10.1. The molecule has 0 unspecified atom stereocenters. The number of carboxylic acids is 1. The predicted octanol–water partition coefficient (Wildman–Crippen LogP) is 2.60. The Morgan fingerprint density at radius 2 is 1.45 bits per heavy atom. The standard InChI is InChI=1S/C16H18N2O2/c1-18(11-13-4-8-15(17)9-5-13)10-12-2-6-14(7-3-12)16(19)20/h2-9H,10-11,17H2,1H3,(H,19,20). The lowest BCUT2D eigenvalue weighted by Crippen LogP contribution is -2.17. The number of carbonyl (C=O) groups is 1. The quantitative estimate of drug-likeness (QED) is 0.820. The summed E-state index contributed by atoms with van der Waals surface area (Å²) >= 11 is 0. The van der Waals surface area contributed by atoms with E-state index in [0.29, 0.717) is 5.56 Å². The highest BCUT2D eigenvalue weighted by Gasteiger charge is 2.04. The number of nitrogens with two attached hydrogens (primary N) is 1. The van der Waals surface area contributed by atoms with Crippen LogP contribution in [-0.4, -0.2) is 23.0 Å². The average Bonchev–Trinajstić information content (AvgIpc) is 2.42. The second kappa shape index (κ2) is 6.21. The third kappa shape index (κ3) is 3.83. The van der Waals surface area contributed by atoms with Crippen LogP contribution in [0.1, 0.15) is 21.5 Å². The maximum Gasteiger partial charge on any atom is 0.335 e. The first kappa shape index (κ1) is 14.1. The molecule has 0 aliphatic rings. The predicted molar refractivity (Wildman–Crippen MR) is 79.4 cm³/mol. The Hall–Kier alpha value is -2.33. The molecule has 2 aromatic rings. The van der Waals surface area contributed by atoms with Gasteiger partial charge in [0.2, 0.25) is 0 Å². The Morgan fingerprint density at radius 1 is 1.00 bits per heavy atom. The van der Waals surface area contributed by atoms with Gasteiger partial charge in [-0.1, -0.05) is 24.3 Å². The van der Waals surface area contributed by atoms with Crippen LogP contribution in [0, 0.1) is 0 Å². The van der Waals surface area contributed by atoms with Gasteiger partial charge in [-0.05, 0) is 42.4 Å². The molecule has 0 radical (unpaired) electrons. The maximum absolute atomic E-state index is 10.8. The average molecular weight is 270 g/mol. The monoisotopic (exact) mass is 270 g/mol. The zero-order valence-electron chi connectivity index (χ0n) is 11.4. The largest absolute Gasteiger partial charge is 0.478 e. The van der Waals surface area contributed by atoms with Gasteiger partial charge < -0.3 is 10.8 Å². The summed E-state index contributed by atoms with van der Waals surface area (Å²) < 4.78 is 0. The Labute approximate surface area is 118 Å². The molecule has 0 aliphatic heterocycles. The highest BCUT2D eigenvalue weighted by Crippen LogP contribution is 2.11. The van der Waals surface area contributed by atoms with Crippen molar-refractivity contribution in [2.75, 3.05) is 12.8 Å². The smallest absolute Gasteiger partial charge is 0.335 e. The van der Waals surface area contributed by atoms with E-state index in [1.165, 1.54) is 5.56 Å². The molecule has 104 valence electrons. The van der Waals surface area contributed by atoms with Gasteiger partial charge in [-0.15, -0.1) is 0 Å². The summed E-state index contributed by atoms with van der Waals surface area (Å²) in [6.07, 6.45) is 0. The summed E-state index contributed by atoms with van der Waals surface area (Å²) in [4.78, 5) is 13.0. The van der Waals surface area contributed by atoms with E-state index in [4.69, 9.17) is 10.8 Å². The van der Waals surface area contributed by atoms with Crippen LogP contribution in [0.3, 0.4) is 0 Å². The lowest BCUT2D eigenvalue weighted by molar-refractivity contribution is 0.0697. The number of hydrogen-bond donors (Lipinski definition) is 2. The van der Waals surface area contributed by atoms with E-state index in [1.807, 2.05) is 43.4 Å². The molecule has 0 aromatic heterocycles. The SMILES string of the molecule is CN(Cc1ccc(N)cc1)Cc1ccc(C(=O)O)cc1. The normalized spacial score (nSPS) is 10.7. The fourth-order valence-electron chi connectivity index (χ4n) is 2.06. The van der Waals surface area contributed by atoms with Gasteiger partial charge in [0.15, 0.2) is 0 Å². The molecule has 3 N–H and O–H groups in total. The summed E-state index contributed by atoms with van der Waals surface area (Å²) in [5.74, 6) is -0.897. The Balaban J connectivity index is 1.95. The van der Waals surface area contributed by atoms with Gasteiger partial charge in [0.05, 0.1) is 5.56 Å². The van der Waals surface area contributed by atoms with Gasteiger partial charge in [0.25, 0.3) is 0 Å². The van der Waals surface area contributed by atoms with Crippen molar-refractivity contribution >= 4 is 11.7 Å². The number of nitrogens with zero attached hydrogens (tertiary/aromatic N) is 1. The Morgan fingerprint density at radius 3 is 1.90 bits per heavy atom. The maximum atomic E-state index is 10.8. The summed E-state index contributed by atoms with van der Waals surface area (Å²) in [5, 5.41) is 8.85. The van der Waals surface area contributed by atoms with E-state index in [9.17, 15) is 4.79 Å². The number of benzene rings is 2. The molecule has 0 aliphatic carbocycles. The lowest BCUT2D eigenvalue weighted by Gasteiger charge is -2.17. The molecular weight excluding hydrogens is 252 g/mol. The summed E-state index contributed by atoms with van der Waals surface area (Å²) in [6.45, 7) is 1.59. The number of hydrogen-bond acceptors (Lipinski definition) is 3. The van der Waals surface area contributed by atoms with Crippen molar-refractivity contribution in [3.05, 3.63) is 65.2 Å². The highest BCUT2D eigenvalue weighted by molar-refractivity contribution is 5.87. The minimum atomic E-state index is -0.897. The highest BCUT2D eigenvalue weighted by atomic mass is 16.4. The second-order valence-corrected chi connectivity index (χ2v) is 4.92. The van der Waals surface area contributed by atoms with Crippen molar-refractivity contribution < 1.29 is 9.90 Å². The number of nitrogen functional groups attached to an aromatic ring is 1. The second-order valence-electron chi connectivity index (χ2n) is 4.92. The van der Waals surface area contributed by atoms with Gasteiger partial charge in [-0.3, -0.25) is 4.90 Å². The summed E-state index contributed by atoms with van der Waals surface area (Å²) in [7, 11) is 2.03. The van der Waals surface area contributed by atoms with Crippen molar-refractivity contribution in [2.45, 2.75) is 13.1 Å². The molecule has 0 saturated carbocycles. The van der Waals surface area contributed by atoms with Crippen LogP contribution in [0.4, 0.5) is 5.69 Å². The first-order valence-electron chi connectivity index (χ1n) is 6.40. The molecule has 0 fully saturated rings. The van der Waals surface area contributed by atoms with Gasteiger partial charge in [-0.2, -0.15) is 0 Å². The van der Waals surface area contributed by atoms with Crippen LogP contribution in [0.25, 0.3) is 0 Å². The number of anilines is 1. The van der Waals surface area contributed by atoms with Crippen molar-refractivity contribution in [3.8, 4) is 0 Å². The van der Waals surface area contributed by atoms with Crippen molar-refractivity contribution in [1.29, 1.82) is 0 Å². The molecule has 4 heteroatoms. The molecule has 2 rings (SSSR count). The molecule has 0 amide bonds.